The highest BCUT2D eigenvalue weighted by atomic mass is 16.1. The van der Waals surface area contributed by atoms with Gasteiger partial charge in [0.1, 0.15) is 5.52 Å². The molecule has 0 spiro atoms. The monoisotopic (exact) mass is 239 g/mol. The third-order valence-corrected chi connectivity index (χ3v) is 2.58. The van der Waals surface area contributed by atoms with Gasteiger partial charge in [0.15, 0.2) is 5.65 Å². The summed E-state index contributed by atoms with van der Waals surface area (Å²) in [5.41, 5.74) is 7.71. The fourth-order valence-corrected chi connectivity index (χ4v) is 1.73. The van der Waals surface area contributed by atoms with Crippen LogP contribution < -0.4 is 5.73 Å². The van der Waals surface area contributed by atoms with Gasteiger partial charge in [0.2, 0.25) is 5.91 Å². The second-order valence-corrected chi connectivity index (χ2v) is 3.76. The van der Waals surface area contributed by atoms with Crippen molar-refractivity contribution in [2.75, 3.05) is 0 Å². The van der Waals surface area contributed by atoms with Crippen molar-refractivity contribution in [2.24, 2.45) is 5.73 Å². The predicted octanol–water partition coefficient (Wildman–Crippen LogP) is 0.914. The number of aromatic nitrogens is 4. The van der Waals surface area contributed by atoms with Gasteiger partial charge in [-0.3, -0.25) is 4.79 Å². The predicted molar refractivity (Wildman–Crippen MR) is 65.2 cm³/mol. The van der Waals surface area contributed by atoms with E-state index in [1.54, 1.807) is 35.1 Å². The zero-order valence-corrected chi connectivity index (χ0v) is 9.32. The Morgan fingerprint density at radius 3 is 2.94 bits per heavy atom. The van der Waals surface area contributed by atoms with Gasteiger partial charge in [0, 0.05) is 11.8 Å². The van der Waals surface area contributed by atoms with E-state index in [-0.39, 0.29) is 0 Å². The lowest BCUT2D eigenvalue weighted by molar-refractivity contribution is 0.100. The molecule has 0 unspecified atom stereocenters. The Bertz CT molecular complexity index is 734. The number of hydrogen-bond donors (Lipinski definition) is 1. The molecule has 0 fully saturated rings. The van der Waals surface area contributed by atoms with E-state index in [0.29, 0.717) is 22.4 Å². The number of carbonyl (C=O) groups is 1. The maximum Gasteiger partial charge on any atom is 0.248 e. The van der Waals surface area contributed by atoms with Crippen LogP contribution >= 0.6 is 0 Å². The van der Waals surface area contributed by atoms with Crippen molar-refractivity contribution in [3.05, 3.63) is 48.2 Å². The Morgan fingerprint density at radius 1 is 1.22 bits per heavy atom. The molecule has 18 heavy (non-hydrogen) atoms. The van der Waals surface area contributed by atoms with Crippen LogP contribution in [-0.2, 0) is 0 Å². The minimum atomic E-state index is -0.478. The maximum atomic E-state index is 11.1. The van der Waals surface area contributed by atoms with Crippen LogP contribution in [0.15, 0.2) is 42.6 Å². The van der Waals surface area contributed by atoms with Gasteiger partial charge in [0.05, 0.1) is 5.69 Å². The van der Waals surface area contributed by atoms with Crippen molar-refractivity contribution >= 4 is 17.1 Å². The van der Waals surface area contributed by atoms with E-state index < -0.39 is 5.91 Å². The summed E-state index contributed by atoms with van der Waals surface area (Å²) in [6.07, 6.45) is 1.67. The molecule has 0 saturated carbocycles. The van der Waals surface area contributed by atoms with Crippen molar-refractivity contribution in [1.82, 2.24) is 20.0 Å². The Morgan fingerprint density at radius 2 is 2.11 bits per heavy atom. The number of benzene rings is 1. The summed E-state index contributed by atoms with van der Waals surface area (Å²) in [6.45, 7) is 0. The lowest BCUT2D eigenvalue weighted by atomic mass is 10.2. The third kappa shape index (κ3) is 1.60. The molecule has 2 aromatic heterocycles. The number of nitrogens with two attached hydrogens (primary N) is 1. The first kappa shape index (κ1) is 10.4. The molecule has 6 nitrogen and oxygen atoms in total. The third-order valence-electron chi connectivity index (χ3n) is 2.58. The maximum absolute atomic E-state index is 11.1. The van der Waals surface area contributed by atoms with Crippen molar-refractivity contribution in [1.29, 1.82) is 0 Å². The van der Waals surface area contributed by atoms with Crippen LogP contribution in [0.5, 0.6) is 0 Å². The van der Waals surface area contributed by atoms with Gasteiger partial charge in [-0.05, 0) is 30.3 Å². The average molecular weight is 239 g/mol. The molecule has 0 aliphatic rings. The van der Waals surface area contributed by atoms with Gasteiger partial charge in [0.25, 0.3) is 0 Å². The van der Waals surface area contributed by atoms with Gasteiger partial charge in [-0.15, -0.1) is 5.10 Å². The molecule has 3 rings (SSSR count). The van der Waals surface area contributed by atoms with Gasteiger partial charge >= 0.3 is 0 Å². The molecule has 0 bridgehead atoms. The molecule has 88 valence electrons. The highest BCUT2D eigenvalue weighted by Gasteiger charge is 2.08. The highest BCUT2D eigenvalue weighted by molar-refractivity contribution is 5.93. The highest BCUT2D eigenvalue weighted by Crippen LogP contribution is 2.14. The van der Waals surface area contributed by atoms with Gasteiger partial charge < -0.3 is 5.73 Å². The van der Waals surface area contributed by atoms with Crippen molar-refractivity contribution in [3.8, 4) is 5.69 Å². The topological polar surface area (TPSA) is 86.7 Å². The number of rotatable bonds is 2. The number of hydrogen-bond acceptors (Lipinski definition) is 4. The fourth-order valence-electron chi connectivity index (χ4n) is 1.73. The summed E-state index contributed by atoms with van der Waals surface area (Å²) in [5, 5.41) is 8.02. The zero-order chi connectivity index (χ0) is 12.5. The molecular formula is C12H9N5O. The van der Waals surface area contributed by atoms with E-state index in [4.69, 9.17) is 5.73 Å². The molecule has 1 amide bonds. The molecule has 6 heteroatoms. The summed E-state index contributed by atoms with van der Waals surface area (Å²) in [4.78, 5) is 15.4. The molecule has 0 saturated heterocycles. The SMILES string of the molecule is NC(=O)c1cccc(-n2nnc3cccnc32)c1. The van der Waals surface area contributed by atoms with Crippen LogP contribution in [0.25, 0.3) is 16.9 Å². The lowest BCUT2D eigenvalue weighted by Crippen LogP contribution is -2.11. The number of nitrogens with zero attached hydrogens (tertiary/aromatic N) is 4. The van der Waals surface area contributed by atoms with Crippen molar-refractivity contribution in [3.63, 3.8) is 0 Å². The van der Waals surface area contributed by atoms with Crippen molar-refractivity contribution in [2.45, 2.75) is 0 Å². The minimum Gasteiger partial charge on any atom is -0.366 e. The molecule has 0 atom stereocenters. The van der Waals surface area contributed by atoms with Crippen LogP contribution in [0.3, 0.4) is 0 Å². The summed E-state index contributed by atoms with van der Waals surface area (Å²) < 4.78 is 1.57. The number of primary amides is 1. The van der Waals surface area contributed by atoms with E-state index in [9.17, 15) is 4.79 Å². The zero-order valence-electron chi connectivity index (χ0n) is 9.32. The molecule has 1 aromatic carbocycles. The van der Waals surface area contributed by atoms with E-state index in [1.807, 2.05) is 12.1 Å². The lowest BCUT2D eigenvalue weighted by Gasteiger charge is -2.02. The molecule has 0 aliphatic carbocycles. The van der Waals surface area contributed by atoms with Gasteiger partial charge in [-0.25, -0.2) is 4.98 Å². The number of pyridine rings is 1. The average Bonchev–Trinajstić information content (AvgIpc) is 2.82. The second kappa shape index (κ2) is 3.92. The molecule has 0 radical (unpaired) electrons. The number of carbonyl (C=O) groups excluding carboxylic acids is 1. The summed E-state index contributed by atoms with van der Waals surface area (Å²) in [7, 11) is 0. The summed E-state index contributed by atoms with van der Waals surface area (Å²) in [6, 6.07) is 10.5. The number of amides is 1. The Labute approximate surface area is 102 Å². The smallest absolute Gasteiger partial charge is 0.248 e. The summed E-state index contributed by atoms with van der Waals surface area (Å²) >= 11 is 0. The first-order chi connectivity index (χ1) is 8.75. The molecule has 0 aliphatic heterocycles. The number of fused-ring (bicyclic) bond motifs is 1. The van der Waals surface area contributed by atoms with E-state index >= 15 is 0 Å². The van der Waals surface area contributed by atoms with Crippen molar-refractivity contribution < 1.29 is 4.79 Å². The molecular weight excluding hydrogens is 230 g/mol. The Kier molecular flexibility index (Phi) is 2.26. The van der Waals surface area contributed by atoms with Crippen LogP contribution in [0.1, 0.15) is 10.4 Å². The molecule has 3 aromatic rings. The van der Waals surface area contributed by atoms with Crippen LogP contribution in [0.2, 0.25) is 0 Å². The Balaban J connectivity index is 2.20. The molecule has 2 N–H and O–H groups in total. The minimum absolute atomic E-state index is 0.423. The first-order valence-corrected chi connectivity index (χ1v) is 5.32. The Hall–Kier alpha value is -2.76. The molecule has 2 heterocycles. The van der Waals surface area contributed by atoms with E-state index in [2.05, 4.69) is 15.3 Å². The fraction of sp³-hybridized carbons (Fsp3) is 0. The summed E-state index contributed by atoms with van der Waals surface area (Å²) in [5.74, 6) is -0.478. The normalized spacial score (nSPS) is 10.7. The standard InChI is InChI=1S/C12H9N5O/c13-11(18)8-3-1-4-9(7-8)17-12-10(15-16-17)5-2-6-14-12/h1-7H,(H2,13,18). The van der Waals surface area contributed by atoms with Gasteiger partial charge in [-0.2, -0.15) is 4.68 Å². The second-order valence-electron chi connectivity index (χ2n) is 3.76. The van der Waals surface area contributed by atoms with E-state index in [0.717, 1.165) is 0 Å². The first-order valence-electron chi connectivity index (χ1n) is 5.32. The largest absolute Gasteiger partial charge is 0.366 e. The van der Waals surface area contributed by atoms with Crippen LogP contribution in [0.4, 0.5) is 0 Å². The quantitative estimate of drug-likeness (QED) is 0.720. The van der Waals surface area contributed by atoms with Crippen LogP contribution in [0, 0.1) is 0 Å². The van der Waals surface area contributed by atoms with Gasteiger partial charge in [-0.1, -0.05) is 11.3 Å². The van der Waals surface area contributed by atoms with Crippen LogP contribution in [-0.4, -0.2) is 25.9 Å². The van der Waals surface area contributed by atoms with E-state index in [1.165, 1.54) is 0 Å².